The van der Waals surface area contributed by atoms with Crippen molar-refractivity contribution in [3.05, 3.63) is 194 Å². The van der Waals surface area contributed by atoms with Gasteiger partial charge >= 0.3 is 0 Å². The smallest absolute Gasteiger partial charge is 0.161 e. The highest BCUT2D eigenvalue weighted by atomic mass is 16.3. The van der Waals surface area contributed by atoms with E-state index in [2.05, 4.69) is 175 Å². The van der Waals surface area contributed by atoms with Crippen LogP contribution in [0.1, 0.15) is 0 Å². The molecule has 0 saturated heterocycles. The molecule has 0 atom stereocenters. The van der Waals surface area contributed by atoms with E-state index in [1.165, 1.54) is 43.4 Å². The number of benzene rings is 9. The van der Waals surface area contributed by atoms with Gasteiger partial charge in [-0.3, -0.25) is 4.98 Å². The van der Waals surface area contributed by atoms with Crippen LogP contribution < -0.4 is 4.90 Å². The Bertz CT molecular complexity index is 3240. The van der Waals surface area contributed by atoms with Gasteiger partial charge in [0, 0.05) is 39.4 Å². The molecule has 0 N–H and O–H groups in total. The maximum Gasteiger partial charge on any atom is 0.161 e. The van der Waals surface area contributed by atoms with E-state index in [-0.39, 0.29) is 0 Å². The summed E-state index contributed by atoms with van der Waals surface area (Å²) in [4.78, 5) is 7.29. The van der Waals surface area contributed by atoms with Crippen LogP contribution in [0.15, 0.2) is 199 Å². The normalized spacial score (nSPS) is 11.7. The molecule has 2 heterocycles. The Morgan fingerprint density at radius 3 is 1.80 bits per heavy atom. The van der Waals surface area contributed by atoms with E-state index in [0.717, 1.165) is 61.0 Å². The van der Waals surface area contributed by atoms with Gasteiger partial charge in [-0.25, -0.2) is 0 Å². The molecule has 9 aromatic carbocycles. The molecule has 0 aliphatic rings. The Kier molecular flexibility index (Phi) is 6.86. The largest absolute Gasteiger partial charge is 0.454 e. The van der Waals surface area contributed by atoms with Crippen molar-refractivity contribution < 1.29 is 4.42 Å². The van der Waals surface area contributed by atoms with Gasteiger partial charge in [-0.2, -0.15) is 0 Å². The second-order valence-corrected chi connectivity index (χ2v) is 14.0. The Labute approximate surface area is 312 Å². The third kappa shape index (κ3) is 4.87. The number of para-hydroxylation sites is 1. The van der Waals surface area contributed by atoms with Crippen LogP contribution in [0.25, 0.3) is 87.4 Å². The second kappa shape index (κ2) is 12.2. The number of fused-ring (bicyclic) bond motifs is 9. The molecule has 2 aromatic heterocycles. The molecule has 0 unspecified atom stereocenters. The summed E-state index contributed by atoms with van der Waals surface area (Å²) in [6, 6.07) is 67.5. The van der Waals surface area contributed by atoms with E-state index in [1.54, 1.807) is 0 Å². The van der Waals surface area contributed by atoms with Crippen molar-refractivity contribution in [2.75, 3.05) is 4.90 Å². The fourth-order valence-electron chi connectivity index (χ4n) is 8.32. The third-order valence-corrected chi connectivity index (χ3v) is 10.8. The fourth-order valence-corrected chi connectivity index (χ4v) is 8.32. The van der Waals surface area contributed by atoms with Crippen LogP contribution in [0.3, 0.4) is 0 Å². The van der Waals surface area contributed by atoms with Crippen LogP contribution in [0, 0.1) is 0 Å². The maximum absolute atomic E-state index is 6.39. The quantitative estimate of drug-likeness (QED) is 0.169. The molecule has 11 aromatic rings. The molecule has 0 spiro atoms. The summed E-state index contributed by atoms with van der Waals surface area (Å²) >= 11 is 0. The van der Waals surface area contributed by atoms with Crippen LogP contribution in [0.5, 0.6) is 0 Å². The van der Waals surface area contributed by atoms with E-state index in [9.17, 15) is 0 Å². The van der Waals surface area contributed by atoms with Crippen molar-refractivity contribution in [1.82, 2.24) is 4.98 Å². The predicted octanol–water partition coefficient (Wildman–Crippen LogP) is 14.4. The molecular weight excluding hydrogens is 657 g/mol. The molecular formula is C51H32N2O. The number of nitrogens with zero attached hydrogens (tertiary/aromatic N) is 2. The highest BCUT2D eigenvalue weighted by Crippen LogP contribution is 2.43. The first-order valence-corrected chi connectivity index (χ1v) is 18.4. The lowest BCUT2D eigenvalue weighted by molar-refractivity contribution is 0.672. The molecule has 11 rings (SSSR count). The summed E-state index contributed by atoms with van der Waals surface area (Å²) < 4.78 is 6.39. The zero-order valence-corrected chi connectivity index (χ0v) is 29.3. The lowest BCUT2D eigenvalue weighted by Crippen LogP contribution is -2.10. The molecule has 3 heteroatoms. The lowest BCUT2D eigenvalue weighted by atomic mass is 9.93. The van der Waals surface area contributed by atoms with E-state index < -0.39 is 0 Å². The number of aromatic nitrogens is 1. The lowest BCUT2D eigenvalue weighted by Gasteiger charge is -2.27. The van der Waals surface area contributed by atoms with Gasteiger partial charge in [0.2, 0.25) is 0 Å². The summed E-state index contributed by atoms with van der Waals surface area (Å²) in [7, 11) is 0. The Hall–Kier alpha value is -7.23. The number of hydrogen-bond donors (Lipinski definition) is 0. The molecule has 0 aliphatic carbocycles. The standard InChI is InChI=1S/C51H32N2O/c1-3-19-41-33(12-1)14-11-24-42(41)34-15-9-17-38(28-34)53(40-26-27-44-37(30-40)32-52-50-47-23-7-8-25-49(47)54-51(44)50)39-18-10-16-35(29-39)48-31-36-13-2-4-20-43(36)45-21-5-6-22-46(45)48/h1-32H. The Balaban J connectivity index is 1.12. The average Bonchev–Trinajstić information content (AvgIpc) is 3.63. The average molecular weight is 689 g/mol. The van der Waals surface area contributed by atoms with Gasteiger partial charge in [-0.1, -0.05) is 127 Å². The van der Waals surface area contributed by atoms with Crippen LogP contribution >= 0.6 is 0 Å². The van der Waals surface area contributed by atoms with E-state index in [0.29, 0.717) is 0 Å². The first kappa shape index (κ1) is 30.4. The Morgan fingerprint density at radius 1 is 0.370 bits per heavy atom. The van der Waals surface area contributed by atoms with Crippen molar-refractivity contribution in [2.45, 2.75) is 0 Å². The van der Waals surface area contributed by atoms with Gasteiger partial charge in [0.25, 0.3) is 0 Å². The number of pyridine rings is 1. The fraction of sp³-hybridized carbons (Fsp3) is 0. The van der Waals surface area contributed by atoms with Gasteiger partial charge in [0.15, 0.2) is 5.58 Å². The topological polar surface area (TPSA) is 29.3 Å². The molecule has 0 amide bonds. The molecule has 0 radical (unpaired) electrons. The van der Waals surface area contributed by atoms with Crippen LogP contribution in [0.2, 0.25) is 0 Å². The molecule has 0 fully saturated rings. The minimum Gasteiger partial charge on any atom is -0.454 e. The van der Waals surface area contributed by atoms with E-state index in [4.69, 9.17) is 9.40 Å². The van der Waals surface area contributed by atoms with Gasteiger partial charge in [0.05, 0.1) is 0 Å². The number of anilines is 3. The summed E-state index contributed by atoms with van der Waals surface area (Å²) in [5.41, 5.74) is 10.5. The van der Waals surface area contributed by atoms with Gasteiger partial charge in [-0.15, -0.1) is 0 Å². The zero-order chi connectivity index (χ0) is 35.6. The maximum atomic E-state index is 6.39. The predicted molar refractivity (Wildman–Crippen MR) is 227 cm³/mol. The number of furan rings is 1. The van der Waals surface area contributed by atoms with E-state index >= 15 is 0 Å². The first-order chi connectivity index (χ1) is 26.8. The molecule has 54 heavy (non-hydrogen) atoms. The number of rotatable bonds is 5. The molecule has 0 bridgehead atoms. The number of hydrogen-bond acceptors (Lipinski definition) is 3. The molecule has 252 valence electrons. The Morgan fingerprint density at radius 2 is 0.981 bits per heavy atom. The van der Waals surface area contributed by atoms with Crippen molar-refractivity contribution >= 4 is 82.2 Å². The van der Waals surface area contributed by atoms with Crippen LogP contribution in [-0.2, 0) is 0 Å². The van der Waals surface area contributed by atoms with Crippen molar-refractivity contribution in [3.8, 4) is 22.3 Å². The van der Waals surface area contributed by atoms with Gasteiger partial charge < -0.3 is 9.32 Å². The summed E-state index contributed by atoms with van der Waals surface area (Å²) in [5.74, 6) is 0. The minimum absolute atomic E-state index is 0.815. The minimum atomic E-state index is 0.815. The molecule has 0 aliphatic heterocycles. The van der Waals surface area contributed by atoms with Crippen molar-refractivity contribution in [2.24, 2.45) is 0 Å². The summed E-state index contributed by atoms with van der Waals surface area (Å²) in [6.07, 6.45) is 1.98. The van der Waals surface area contributed by atoms with Crippen LogP contribution in [0.4, 0.5) is 17.1 Å². The second-order valence-electron chi connectivity index (χ2n) is 14.0. The van der Waals surface area contributed by atoms with Crippen LogP contribution in [-0.4, -0.2) is 4.98 Å². The van der Waals surface area contributed by atoms with Crippen molar-refractivity contribution in [1.29, 1.82) is 0 Å². The summed E-state index contributed by atoms with van der Waals surface area (Å²) in [6.45, 7) is 0. The first-order valence-electron chi connectivity index (χ1n) is 18.4. The zero-order valence-electron chi connectivity index (χ0n) is 29.3. The van der Waals surface area contributed by atoms with E-state index in [1.807, 2.05) is 24.4 Å². The highest BCUT2D eigenvalue weighted by Gasteiger charge is 2.18. The molecule has 0 saturated carbocycles. The van der Waals surface area contributed by atoms with Crippen molar-refractivity contribution in [3.63, 3.8) is 0 Å². The summed E-state index contributed by atoms with van der Waals surface area (Å²) in [5, 5.41) is 10.6. The molecule has 3 nitrogen and oxygen atoms in total. The third-order valence-electron chi connectivity index (χ3n) is 10.8. The SMILES string of the molecule is c1cc(-c2cccc3ccccc23)cc(N(c2cccc(-c3cc4ccccc4c4ccccc34)c2)c2ccc3c(cnc4c5ccccc5oc34)c2)c1. The highest BCUT2D eigenvalue weighted by molar-refractivity contribution is 6.15. The van der Waals surface area contributed by atoms with Gasteiger partial charge in [-0.05, 0) is 115 Å². The van der Waals surface area contributed by atoms with Gasteiger partial charge in [0.1, 0.15) is 11.1 Å². The monoisotopic (exact) mass is 688 g/mol.